The van der Waals surface area contributed by atoms with Crippen LogP contribution in [0.1, 0.15) is 59.3 Å². The number of hydrogen-bond acceptors (Lipinski definition) is 1. The van der Waals surface area contributed by atoms with Crippen LogP contribution in [0.2, 0.25) is 0 Å². The topological polar surface area (TPSA) is 12.0 Å². The van der Waals surface area contributed by atoms with Crippen molar-refractivity contribution in [3.63, 3.8) is 0 Å². The summed E-state index contributed by atoms with van der Waals surface area (Å²) >= 11 is 0. The van der Waals surface area contributed by atoms with Crippen molar-refractivity contribution in [2.45, 2.75) is 65.3 Å². The summed E-state index contributed by atoms with van der Waals surface area (Å²) in [4.78, 5) is 0. The van der Waals surface area contributed by atoms with E-state index in [1.54, 1.807) is 0 Å². The fourth-order valence-electron chi connectivity index (χ4n) is 3.44. The molecule has 1 rings (SSSR count). The van der Waals surface area contributed by atoms with Crippen molar-refractivity contribution in [3.05, 3.63) is 0 Å². The van der Waals surface area contributed by atoms with Gasteiger partial charge in [-0.2, -0.15) is 0 Å². The zero-order valence-electron chi connectivity index (χ0n) is 10.4. The SMILES string of the molecule is CCCC(C)C(NC)C1(C)CCCC1. The smallest absolute Gasteiger partial charge is 0.0143 e. The van der Waals surface area contributed by atoms with Gasteiger partial charge in [-0.05, 0) is 37.6 Å². The highest BCUT2D eigenvalue weighted by atomic mass is 14.9. The van der Waals surface area contributed by atoms with E-state index in [1.165, 1.54) is 38.5 Å². The first-order valence-electron chi connectivity index (χ1n) is 6.31. The molecular formula is C13H27N. The largest absolute Gasteiger partial charge is 0.316 e. The minimum Gasteiger partial charge on any atom is -0.316 e. The van der Waals surface area contributed by atoms with Crippen molar-refractivity contribution >= 4 is 0 Å². The van der Waals surface area contributed by atoms with Crippen molar-refractivity contribution in [2.75, 3.05) is 7.05 Å². The van der Waals surface area contributed by atoms with Gasteiger partial charge in [0.1, 0.15) is 0 Å². The molecular weight excluding hydrogens is 170 g/mol. The predicted molar refractivity (Wildman–Crippen MR) is 63.5 cm³/mol. The summed E-state index contributed by atoms with van der Waals surface area (Å²) in [6.07, 6.45) is 8.40. The van der Waals surface area contributed by atoms with Gasteiger partial charge < -0.3 is 5.32 Å². The molecule has 1 saturated carbocycles. The second kappa shape index (κ2) is 5.16. The normalized spacial score (nSPS) is 24.9. The third-order valence-electron chi connectivity index (χ3n) is 4.12. The lowest BCUT2D eigenvalue weighted by molar-refractivity contribution is 0.168. The maximum Gasteiger partial charge on any atom is 0.0143 e. The average molecular weight is 197 g/mol. The van der Waals surface area contributed by atoms with E-state index in [0.29, 0.717) is 5.41 Å². The van der Waals surface area contributed by atoms with E-state index in [-0.39, 0.29) is 0 Å². The van der Waals surface area contributed by atoms with Crippen molar-refractivity contribution in [2.24, 2.45) is 11.3 Å². The van der Waals surface area contributed by atoms with Crippen LogP contribution in [0.5, 0.6) is 0 Å². The third-order valence-corrected chi connectivity index (χ3v) is 4.12. The summed E-state index contributed by atoms with van der Waals surface area (Å²) in [7, 11) is 2.14. The van der Waals surface area contributed by atoms with Crippen LogP contribution in [0.15, 0.2) is 0 Å². The Kier molecular flexibility index (Phi) is 4.43. The molecule has 1 heteroatoms. The van der Waals surface area contributed by atoms with E-state index < -0.39 is 0 Å². The van der Waals surface area contributed by atoms with Gasteiger partial charge in [0.2, 0.25) is 0 Å². The molecule has 0 aliphatic heterocycles. The lowest BCUT2D eigenvalue weighted by Gasteiger charge is -2.38. The van der Waals surface area contributed by atoms with Crippen molar-refractivity contribution in [1.29, 1.82) is 0 Å². The van der Waals surface area contributed by atoms with E-state index in [4.69, 9.17) is 0 Å². The second-order valence-electron chi connectivity index (χ2n) is 5.39. The molecule has 2 unspecified atom stereocenters. The highest BCUT2D eigenvalue weighted by Crippen LogP contribution is 2.43. The quantitative estimate of drug-likeness (QED) is 0.710. The van der Waals surface area contributed by atoms with Crippen LogP contribution in [0.25, 0.3) is 0 Å². The Bertz CT molecular complexity index is 159. The lowest BCUT2D eigenvalue weighted by atomic mass is 9.74. The molecule has 84 valence electrons. The van der Waals surface area contributed by atoms with Gasteiger partial charge in [-0.25, -0.2) is 0 Å². The Morgan fingerprint density at radius 2 is 1.86 bits per heavy atom. The van der Waals surface area contributed by atoms with Crippen molar-refractivity contribution in [3.8, 4) is 0 Å². The van der Waals surface area contributed by atoms with Gasteiger partial charge in [-0.15, -0.1) is 0 Å². The highest BCUT2D eigenvalue weighted by molar-refractivity contribution is 4.93. The average Bonchev–Trinajstić information content (AvgIpc) is 2.54. The maximum absolute atomic E-state index is 3.57. The molecule has 0 aromatic heterocycles. The Morgan fingerprint density at radius 3 is 2.29 bits per heavy atom. The summed E-state index contributed by atoms with van der Waals surface area (Å²) in [5.74, 6) is 0.827. The van der Waals surface area contributed by atoms with Crippen molar-refractivity contribution in [1.82, 2.24) is 5.32 Å². The summed E-state index contributed by atoms with van der Waals surface area (Å²) in [5.41, 5.74) is 0.573. The van der Waals surface area contributed by atoms with Crippen LogP contribution < -0.4 is 5.32 Å². The molecule has 1 nitrogen and oxygen atoms in total. The molecule has 0 radical (unpaired) electrons. The fraction of sp³-hybridized carbons (Fsp3) is 1.00. The minimum atomic E-state index is 0.573. The first-order chi connectivity index (χ1) is 6.64. The fourth-order valence-corrected chi connectivity index (χ4v) is 3.44. The third kappa shape index (κ3) is 2.50. The Balaban J connectivity index is 2.59. The van der Waals surface area contributed by atoms with Crippen LogP contribution >= 0.6 is 0 Å². The molecule has 0 bridgehead atoms. The first kappa shape index (κ1) is 12.0. The van der Waals surface area contributed by atoms with Gasteiger partial charge in [0.05, 0.1) is 0 Å². The van der Waals surface area contributed by atoms with Crippen molar-refractivity contribution < 1.29 is 0 Å². The Morgan fingerprint density at radius 1 is 1.29 bits per heavy atom. The second-order valence-corrected chi connectivity index (χ2v) is 5.39. The Hall–Kier alpha value is -0.0400. The zero-order valence-corrected chi connectivity index (χ0v) is 10.4. The van der Waals surface area contributed by atoms with Crippen LogP contribution in [0.3, 0.4) is 0 Å². The van der Waals surface area contributed by atoms with E-state index >= 15 is 0 Å². The minimum absolute atomic E-state index is 0.573. The zero-order chi connectivity index (χ0) is 10.6. The molecule has 0 amide bonds. The molecule has 1 N–H and O–H groups in total. The molecule has 2 atom stereocenters. The standard InChI is InChI=1S/C13H27N/c1-5-8-11(2)12(14-4)13(3)9-6-7-10-13/h11-12,14H,5-10H2,1-4H3. The monoisotopic (exact) mass is 197 g/mol. The lowest BCUT2D eigenvalue weighted by Crippen LogP contribution is -2.44. The van der Waals surface area contributed by atoms with Crippen LogP contribution in [-0.4, -0.2) is 13.1 Å². The van der Waals surface area contributed by atoms with E-state index in [0.717, 1.165) is 12.0 Å². The Labute approximate surface area is 89.7 Å². The summed E-state index contributed by atoms with van der Waals surface area (Å²) in [5, 5.41) is 3.57. The predicted octanol–water partition coefficient (Wildman–Crippen LogP) is 3.59. The van der Waals surface area contributed by atoms with E-state index in [1.807, 2.05) is 0 Å². The number of hydrogen-bond donors (Lipinski definition) is 1. The maximum atomic E-state index is 3.57. The van der Waals surface area contributed by atoms with E-state index in [9.17, 15) is 0 Å². The van der Waals surface area contributed by atoms with Crippen LogP contribution in [0.4, 0.5) is 0 Å². The number of nitrogens with one attached hydrogen (secondary N) is 1. The van der Waals surface area contributed by atoms with Gasteiger partial charge >= 0.3 is 0 Å². The molecule has 0 heterocycles. The first-order valence-corrected chi connectivity index (χ1v) is 6.31. The van der Waals surface area contributed by atoms with Gasteiger partial charge in [-0.1, -0.05) is 40.0 Å². The molecule has 0 saturated heterocycles. The van der Waals surface area contributed by atoms with Crippen LogP contribution in [0, 0.1) is 11.3 Å². The molecule has 1 aliphatic rings. The molecule has 14 heavy (non-hydrogen) atoms. The van der Waals surface area contributed by atoms with Gasteiger partial charge in [0.15, 0.2) is 0 Å². The summed E-state index contributed by atoms with van der Waals surface area (Å²) in [6.45, 7) is 7.18. The molecule has 0 aromatic rings. The summed E-state index contributed by atoms with van der Waals surface area (Å²) < 4.78 is 0. The number of rotatable bonds is 5. The van der Waals surface area contributed by atoms with Gasteiger partial charge in [-0.3, -0.25) is 0 Å². The molecule has 1 aliphatic carbocycles. The molecule has 0 aromatic carbocycles. The van der Waals surface area contributed by atoms with E-state index in [2.05, 4.69) is 33.1 Å². The van der Waals surface area contributed by atoms with Gasteiger partial charge in [0.25, 0.3) is 0 Å². The summed E-state index contributed by atoms with van der Waals surface area (Å²) in [6, 6.07) is 0.727. The highest BCUT2D eigenvalue weighted by Gasteiger charge is 2.38. The van der Waals surface area contributed by atoms with Crippen LogP contribution in [-0.2, 0) is 0 Å². The van der Waals surface area contributed by atoms with Gasteiger partial charge in [0, 0.05) is 6.04 Å². The molecule has 0 spiro atoms. The molecule has 1 fully saturated rings.